The standard InChI is InChI=1S/C15H30O3/c1-9-11(2)12(16)18-13(15(6,7)8)17-10-14(3,4)5/h11,13H,9-10H2,1-8H3. The molecule has 0 radical (unpaired) electrons. The lowest BCUT2D eigenvalue weighted by molar-refractivity contribution is -0.213. The predicted octanol–water partition coefficient (Wildman–Crippen LogP) is 4.01. The molecule has 0 heterocycles. The van der Waals surface area contributed by atoms with Gasteiger partial charge < -0.3 is 9.47 Å². The Morgan fingerprint density at radius 3 is 1.94 bits per heavy atom. The fraction of sp³-hybridized carbons (Fsp3) is 0.933. The third-order valence-electron chi connectivity index (χ3n) is 2.61. The van der Waals surface area contributed by atoms with Crippen LogP contribution in [0.4, 0.5) is 0 Å². The lowest BCUT2D eigenvalue weighted by atomic mass is 9.94. The van der Waals surface area contributed by atoms with E-state index in [2.05, 4.69) is 20.8 Å². The summed E-state index contributed by atoms with van der Waals surface area (Å²) in [5.74, 6) is -0.251. The number of carbonyl (C=O) groups excluding carboxylic acids is 1. The van der Waals surface area contributed by atoms with E-state index in [4.69, 9.17) is 9.47 Å². The number of hydrogen-bond donors (Lipinski definition) is 0. The van der Waals surface area contributed by atoms with Gasteiger partial charge in [0.15, 0.2) is 0 Å². The van der Waals surface area contributed by atoms with Crippen molar-refractivity contribution < 1.29 is 14.3 Å². The molecular weight excluding hydrogens is 228 g/mol. The van der Waals surface area contributed by atoms with E-state index in [1.165, 1.54) is 0 Å². The molecular formula is C15H30O3. The molecule has 0 rings (SSSR count). The van der Waals surface area contributed by atoms with Gasteiger partial charge in [0.05, 0.1) is 12.5 Å². The molecule has 0 saturated heterocycles. The van der Waals surface area contributed by atoms with Crippen LogP contribution in [-0.4, -0.2) is 18.9 Å². The summed E-state index contributed by atoms with van der Waals surface area (Å²) in [5.41, 5.74) is -0.152. The molecule has 0 fully saturated rings. The van der Waals surface area contributed by atoms with Crippen molar-refractivity contribution in [1.29, 1.82) is 0 Å². The molecule has 0 spiro atoms. The van der Waals surface area contributed by atoms with Crippen LogP contribution in [0.1, 0.15) is 61.8 Å². The first-order valence-corrected chi connectivity index (χ1v) is 6.79. The van der Waals surface area contributed by atoms with Crippen molar-refractivity contribution in [1.82, 2.24) is 0 Å². The number of hydrogen-bond acceptors (Lipinski definition) is 3. The number of rotatable bonds is 5. The lowest BCUT2D eigenvalue weighted by Crippen LogP contribution is -2.37. The Labute approximate surface area is 112 Å². The number of esters is 1. The first-order valence-electron chi connectivity index (χ1n) is 6.79. The Bertz CT molecular complexity index is 258. The normalized spacial score (nSPS) is 16.2. The molecule has 0 N–H and O–H groups in total. The van der Waals surface area contributed by atoms with Gasteiger partial charge >= 0.3 is 5.97 Å². The van der Waals surface area contributed by atoms with Gasteiger partial charge in [0.2, 0.25) is 6.29 Å². The van der Waals surface area contributed by atoms with Crippen molar-refractivity contribution in [3.05, 3.63) is 0 Å². The summed E-state index contributed by atoms with van der Waals surface area (Å²) in [6.45, 7) is 16.8. The molecule has 0 amide bonds. The molecule has 2 unspecified atom stereocenters. The highest BCUT2D eigenvalue weighted by Gasteiger charge is 2.31. The maximum atomic E-state index is 11.9. The van der Waals surface area contributed by atoms with Crippen molar-refractivity contribution in [2.75, 3.05) is 6.61 Å². The van der Waals surface area contributed by atoms with Crippen molar-refractivity contribution in [2.45, 2.75) is 68.1 Å². The molecule has 18 heavy (non-hydrogen) atoms. The minimum absolute atomic E-state index is 0.0618. The van der Waals surface area contributed by atoms with Crippen LogP contribution >= 0.6 is 0 Å². The van der Waals surface area contributed by atoms with Gasteiger partial charge in [0.1, 0.15) is 0 Å². The van der Waals surface area contributed by atoms with Crippen LogP contribution in [0, 0.1) is 16.7 Å². The molecule has 3 nitrogen and oxygen atoms in total. The third kappa shape index (κ3) is 7.00. The monoisotopic (exact) mass is 258 g/mol. The Hall–Kier alpha value is -0.570. The Kier molecular flexibility index (Phi) is 6.35. The van der Waals surface area contributed by atoms with Gasteiger partial charge in [-0.3, -0.25) is 4.79 Å². The Balaban J connectivity index is 4.57. The molecule has 2 atom stereocenters. The highest BCUT2D eigenvalue weighted by Crippen LogP contribution is 2.27. The maximum Gasteiger partial charge on any atom is 0.310 e. The third-order valence-corrected chi connectivity index (χ3v) is 2.61. The summed E-state index contributed by atoms with van der Waals surface area (Å²) in [6, 6.07) is 0. The maximum absolute atomic E-state index is 11.9. The van der Waals surface area contributed by atoms with Crippen LogP contribution in [0.5, 0.6) is 0 Å². The van der Waals surface area contributed by atoms with Gasteiger partial charge in [0, 0.05) is 5.41 Å². The van der Waals surface area contributed by atoms with E-state index < -0.39 is 6.29 Å². The highest BCUT2D eigenvalue weighted by molar-refractivity contribution is 5.72. The van der Waals surface area contributed by atoms with Gasteiger partial charge in [0.25, 0.3) is 0 Å². The molecule has 3 heteroatoms. The average Bonchev–Trinajstić information content (AvgIpc) is 2.19. The van der Waals surface area contributed by atoms with Crippen LogP contribution in [0.25, 0.3) is 0 Å². The van der Waals surface area contributed by atoms with Crippen LogP contribution in [0.3, 0.4) is 0 Å². The predicted molar refractivity (Wildman–Crippen MR) is 74.2 cm³/mol. The first-order chi connectivity index (χ1) is 7.97. The second-order valence-corrected chi connectivity index (χ2v) is 7.32. The minimum Gasteiger partial charge on any atom is -0.435 e. The van der Waals surface area contributed by atoms with Crippen molar-refractivity contribution in [3.8, 4) is 0 Å². The van der Waals surface area contributed by atoms with Gasteiger partial charge in [-0.05, 0) is 11.8 Å². The quantitative estimate of drug-likeness (QED) is 0.552. The molecule has 0 aromatic rings. The van der Waals surface area contributed by atoms with E-state index in [1.54, 1.807) is 0 Å². The van der Waals surface area contributed by atoms with Crippen LogP contribution in [-0.2, 0) is 14.3 Å². The lowest BCUT2D eigenvalue weighted by Gasteiger charge is -2.33. The van der Waals surface area contributed by atoms with Crippen LogP contribution in [0.2, 0.25) is 0 Å². The molecule has 0 aliphatic heterocycles. The minimum atomic E-state index is -0.488. The first kappa shape index (κ1) is 17.4. The summed E-state index contributed by atoms with van der Waals surface area (Å²) in [6.07, 6.45) is 0.299. The molecule has 108 valence electrons. The van der Waals surface area contributed by atoms with E-state index >= 15 is 0 Å². The largest absolute Gasteiger partial charge is 0.435 e. The summed E-state index contributed by atoms with van der Waals surface area (Å²) in [4.78, 5) is 11.9. The van der Waals surface area contributed by atoms with Crippen LogP contribution in [0.15, 0.2) is 0 Å². The van der Waals surface area contributed by atoms with Gasteiger partial charge in [-0.25, -0.2) is 0 Å². The average molecular weight is 258 g/mol. The SMILES string of the molecule is CCC(C)C(=O)OC(OCC(C)(C)C)C(C)(C)C. The summed E-state index contributed by atoms with van der Waals surface area (Å²) in [7, 11) is 0. The Morgan fingerprint density at radius 1 is 1.11 bits per heavy atom. The van der Waals surface area contributed by atoms with Gasteiger partial charge in [-0.2, -0.15) is 0 Å². The summed E-state index contributed by atoms with van der Waals surface area (Å²) >= 11 is 0. The summed E-state index contributed by atoms with van der Waals surface area (Å²) < 4.78 is 11.3. The second kappa shape index (κ2) is 6.55. The van der Waals surface area contributed by atoms with Crippen LogP contribution < -0.4 is 0 Å². The smallest absolute Gasteiger partial charge is 0.310 e. The zero-order valence-electron chi connectivity index (χ0n) is 13.3. The van der Waals surface area contributed by atoms with E-state index in [9.17, 15) is 4.79 Å². The molecule has 0 bridgehead atoms. The van der Waals surface area contributed by atoms with Gasteiger partial charge in [-0.1, -0.05) is 55.4 Å². The zero-order valence-corrected chi connectivity index (χ0v) is 13.3. The molecule has 0 saturated carbocycles. The second-order valence-electron chi connectivity index (χ2n) is 7.32. The fourth-order valence-electron chi connectivity index (χ4n) is 1.17. The Morgan fingerprint density at radius 2 is 1.61 bits per heavy atom. The zero-order chi connectivity index (χ0) is 14.6. The van der Waals surface area contributed by atoms with E-state index in [0.29, 0.717) is 6.61 Å². The van der Waals surface area contributed by atoms with Crippen molar-refractivity contribution in [3.63, 3.8) is 0 Å². The van der Waals surface area contributed by atoms with Gasteiger partial charge in [-0.15, -0.1) is 0 Å². The molecule has 0 aromatic carbocycles. The van der Waals surface area contributed by atoms with Crippen molar-refractivity contribution in [2.24, 2.45) is 16.7 Å². The number of ether oxygens (including phenoxy) is 2. The summed E-state index contributed by atoms with van der Waals surface area (Å²) in [5, 5.41) is 0. The van der Waals surface area contributed by atoms with E-state index in [1.807, 2.05) is 34.6 Å². The van der Waals surface area contributed by atoms with E-state index in [-0.39, 0.29) is 22.7 Å². The fourth-order valence-corrected chi connectivity index (χ4v) is 1.17. The van der Waals surface area contributed by atoms with E-state index in [0.717, 1.165) is 6.42 Å². The van der Waals surface area contributed by atoms with Crippen molar-refractivity contribution >= 4 is 5.97 Å². The highest BCUT2D eigenvalue weighted by atomic mass is 16.7. The molecule has 0 aliphatic rings. The topological polar surface area (TPSA) is 35.5 Å². The molecule has 0 aliphatic carbocycles. The molecule has 0 aromatic heterocycles. The number of carbonyl (C=O) groups is 1.